The first-order valence-electron chi connectivity index (χ1n) is 5.47. The third-order valence-corrected chi connectivity index (χ3v) is 3.67. The molecule has 5 heteroatoms. The first-order chi connectivity index (χ1) is 8.70. The number of rotatable bonds is 2. The van der Waals surface area contributed by atoms with Crippen molar-refractivity contribution >= 4 is 38.4 Å². The molecule has 0 saturated carbocycles. The van der Waals surface area contributed by atoms with Crippen LogP contribution in [0.3, 0.4) is 0 Å². The van der Waals surface area contributed by atoms with E-state index in [1.165, 1.54) is 16.9 Å². The first-order valence-corrected chi connectivity index (χ1v) is 6.66. The number of aromatic nitrogens is 2. The van der Waals surface area contributed by atoms with Gasteiger partial charge in [0.2, 0.25) is 0 Å². The minimum atomic E-state index is 0.557. The van der Waals surface area contributed by atoms with Crippen LogP contribution in [0.25, 0.3) is 10.3 Å². The van der Waals surface area contributed by atoms with Crippen LogP contribution in [0.2, 0.25) is 5.02 Å². The fraction of sp³-hybridized carbons (Fsp3) is 0.0769. The number of fused-ring (bicyclic) bond motifs is 1. The van der Waals surface area contributed by atoms with Gasteiger partial charge in [-0.3, -0.25) is 0 Å². The van der Waals surface area contributed by atoms with Crippen molar-refractivity contribution in [2.75, 3.05) is 5.73 Å². The second kappa shape index (κ2) is 4.55. The number of thiazole rings is 1. The van der Waals surface area contributed by atoms with Gasteiger partial charge in [0, 0.05) is 17.1 Å². The number of anilines is 1. The normalized spacial score (nSPS) is 10.9. The summed E-state index contributed by atoms with van der Waals surface area (Å²) in [5.74, 6) is 0. The summed E-state index contributed by atoms with van der Waals surface area (Å²) >= 11 is 7.27. The number of nitrogens with two attached hydrogens (primary N) is 1. The SMILES string of the molecule is Nc1nc2ccc(Cc3ccc(Cl)cc3)nc2s1. The molecule has 2 N–H and O–H groups in total. The van der Waals surface area contributed by atoms with Crippen LogP contribution in [0.5, 0.6) is 0 Å². The molecule has 90 valence electrons. The zero-order chi connectivity index (χ0) is 12.5. The molecule has 0 spiro atoms. The minimum absolute atomic E-state index is 0.557. The molecule has 0 radical (unpaired) electrons. The molecule has 3 aromatic rings. The number of hydrogen-bond donors (Lipinski definition) is 1. The smallest absolute Gasteiger partial charge is 0.182 e. The Morgan fingerprint density at radius 2 is 1.83 bits per heavy atom. The highest BCUT2D eigenvalue weighted by atomic mass is 35.5. The van der Waals surface area contributed by atoms with E-state index in [0.717, 1.165) is 27.5 Å². The Kier molecular flexibility index (Phi) is 2.89. The third kappa shape index (κ3) is 2.30. The number of pyridine rings is 1. The van der Waals surface area contributed by atoms with Crippen LogP contribution in [0.4, 0.5) is 5.13 Å². The van der Waals surface area contributed by atoms with Crippen molar-refractivity contribution in [3.8, 4) is 0 Å². The topological polar surface area (TPSA) is 51.8 Å². The van der Waals surface area contributed by atoms with E-state index >= 15 is 0 Å². The number of nitrogen functional groups attached to an aromatic ring is 1. The fourth-order valence-electron chi connectivity index (χ4n) is 1.78. The molecule has 0 unspecified atom stereocenters. The zero-order valence-corrected chi connectivity index (χ0v) is 11.0. The highest BCUT2D eigenvalue weighted by molar-refractivity contribution is 7.21. The highest BCUT2D eigenvalue weighted by Crippen LogP contribution is 2.22. The van der Waals surface area contributed by atoms with Gasteiger partial charge in [-0.25, -0.2) is 9.97 Å². The molecular formula is C13H10ClN3S. The Morgan fingerprint density at radius 3 is 2.61 bits per heavy atom. The zero-order valence-electron chi connectivity index (χ0n) is 9.43. The molecule has 0 amide bonds. The van der Waals surface area contributed by atoms with Crippen LogP contribution < -0.4 is 5.73 Å². The van der Waals surface area contributed by atoms with E-state index in [9.17, 15) is 0 Å². The van der Waals surface area contributed by atoms with Crippen molar-refractivity contribution in [2.45, 2.75) is 6.42 Å². The van der Waals surface area contributed by atoms with Gasteiger partial charge in [-0.2, -0.15) is 0 Å². The third-order valence-electron chi connectivity index (χ3n) is 2.63. The van der Waals surface area contributed by atoms with Crippen molar-refractivity contribution in [1.29, 1.82) is 0 Å². The summed E-state index contributed by atoms with van der Waals surface area (Å²) < 4.78 is 0. The van der Waals surface area contributed by atoms with Crippen LogP contribution in [-0.2, 0) is 6.42 Å². The summed E-state index contributed by atoms with van der Waals surface area (Å²) in [5.41, 5.74) is 8.71. The maximum atomic E-state index is 5.86. The Morgan fingerprint density at radius 1 is 1.06 bits per heavy atom. The van der Waals surface area contributed by atoms with Crippen LogP contribution >= 0.6 is 22.9 Å². The monoisotopic (exact) mass is 275 g/mol. The summed E-state index contributed by atoms with van der Waals surface area (Å²) in [5, 5.41) is 1.30. The molecular weight excluding hydrogens is 266 g/mol. The first kappa shape index (κ1) is 11.4. The van der Waals surface area contributed by atoms with Crippen molar-refractivity contribution in [3.63, 3.8) is 0 Å². The van der Waals surface area contributed by atoms with Gasteiger partial charge in [0.1, 0.15) is 10.3 Å². The fourth-order valence-corrected chi connectivity index (χ4v) is 2.63. The van der Waals surface area contributed by atoms with Gasteiger partial charge < -0.3 is 5.73 Å². The molecule has 2 aromatic heterocycles. The van der Waals surface area contributed by atoms with Gasteiger partial charge in [-0.1, -0.05) is 35.1 Å². The van der Waals surface area contributed by atoms with E-state index in [1.54, 1.807) is 0 Å². The molecule has 3 rings (SSSR count). The maximum absolute atomic E-state index is 5.86. The lowest BCUT2D eigenvalue weighted by atomic mass is 10.1. The van der Waals surface area contributed by atoms with Crippen molar-refractivity contribution in [2.24, 2.45) is 0 Å². The number of hydrogen-bond acceptors (Lipinski definition) is 4. The van der Waals surface area contributed by atoms with E-state index < -0.39 is 0 Å². The average molecular weight is 276 g/mol. The Balaban J connectivity index is 1.92. The van der Waals surface area contributed by atoms with Crippen LogP contribution in [-0.4, -0.2) is 9.97 Å². The molecule has 0 aliphatic carbocycles. The lowest BCUT2D eigenvalue weighted by molar-refractivity contribution is 1.10. The van der Waals surface area contributed by atoms with Gasteiger partial charge in [0.15, 0.2) is 5.13 Å². The standard InChI is InChI=1S/C13H10ClN3S/c14-9-3-1-8(2-4-9)7-10-5-6-11-12(16-10)18-13(15)17-11/h1-6H,7H2,(H2,15,17). The van der Waals surface area contributed by atoms with Crippen LogP contribution in [0.1, 0.15) is 11.3 Å². The molecule has 0 aliphatic heterocycles. The van der Waals surface area contributed by atoms with Gasteiger partial charge >= 0.3 is 0 Å². The Bertz CT molecular complexity index is 691. The van der Waals surface area contributed by atoms with Crippen LogP contribution in [0.15, 0.2) is 36.4 Å². The summed E-state index contributed by atoms with van der Waals surface area (Å²) in [6, 6.07) is 11.7. The second-order valence-corrected chi connectivity index (χ2v) is 5.43. The lowest BCUT2D eigenvalue weighted by Crippen LogP contribution is -1.91. The maximum Gasteiger partial charge on any atom is 0.182 e. The molecule has 0 aliphatic rings. The van der Waals surface area contributed by atoms with E-state index in [1.807, 2.05) is 36.4 Å². The molecule has 0 saturated heterocycles. The Hall–Kier alpha value is -1.65. The number of halogens is 1. The van der Waals surface area contributed by atoms with Crippen molar-refractivity contribution in [1.82, 2.24) is 9.97 Å². The van der Waals surface area contributed by atoms with Gasteiger partial charge in [-0.05, 0) is 29.8 Å². The van der Waals surface area contributed by atoms with E-state index in [-0.39, 0.29) is 0 Å². The van der Waals surface area contributed by atoms with E-state index in [0.29, 0.717) is 5.13 Å². The molecule has 0 bridgehead atoms. The summed E-state index contributed by atoms with van der Waals surface area (Å²) in [6.45, 7) is 0. The summed E-state index contributed by atoms with van der Waals surface area (Å²) in [7, 11) is 0. The average Bonchev–Trinajstić information content (AvgIpc) is 2.71. The summed E-state index contributed by atoms with van der Waals surface area (Å²) in [4.78, 5) is 9.63. The van der Waals surface area contributed by atoms with Gasteiger partial charge in [0.25, 0.3) is 0 Å². The van der Waals surface area contributed by atoms with Crippen LogP contribution in [0, 0.1) is 0 Å². The number of nitrogens with zero attached hydrogens (tertiary/aromatic N) is 2. The summed E-state index contributed by atoms with van der Waals surface area (Å²) in [6.07, 6.45) is 0.783. The van der Waals surface area contributed by atoms with E-state index in [2.05, 4.69) is 9.97 Å². The van der Waals surface area contributed by atoms with Gasteiger partial charge in [0.05, 0.1) is 0 Å². The minimum Gasteiger partial charge on any atom is -0.375 e. The van der Waals surface area contributed by atoms with Crippen molar-refractivity contribution in [3.05, 3.63) is 52.7 Å². The number of benzene rings is 1. The van der Waals surface area contributed by atoms with Crippen molar-refractivity contribution < 1.29 is 0 Å². The second-order valence-electron chi connectivity index (χ2n) is 3.98. The molecule has 18 heavy (non-hydrogen) atoms. The molecule has 1 aromatic carbocycles. The van der Waals surface area contributed by atoms with Gasteiger partial charge in [-0.15, -0.1) is 0 Å². The molecule has 0 atom stereocenters. The van der Waals surface area contributed by atoms with E-state index in [4.69, 9.17) is 17.3 Å². The molecule has 3 nitrogen and oxygen atoms in total. The quantitative estimate of drug-likeness (QED) is 0.778. The largest absolute Gasteiger partial charge is 0.375 e. The predicted molar refractivity (Wildman–Crippen MR) is 76.1 cm³/mol. The Labute approximate surface area is 113 Å². The molecule has 2 heterocycles. The molecule has 0 fully saturated rings. The predicted octanol–water partition coefficient (Wildman–Crippen LogP) is 3.52. The lowest BCUT2D eigenvalue weighted by Gasteiger charge is -2.01. The highest BCUT2D eigenvalue weighted by Gasteiger charge is 2.04.